The van der Waals surface area contributed by atoms with Crippen LogP contribution in [0.5, 0.6) is 17.2 Å². The molecule has 4 nitrogen and oxygen atoms in total. The van der Waals surface area contributed by atoms with E-state index in [1.165, 1.54) is 16.4 Å². The summed E-state index contributed by atoms with van der Waals surface area (Å²) in [6.45, 7) is 0. The largest absolute Gasteiger partial charge is 0.504 e. The number of rotatable bonds is 4. The van der Waals surface area contributed by atoms with E-state index in [1.807, 2.05) is 30.3 Å². The molecule has 2 aromatic carbocycles. The van der Waals surface area contributed by atoms with Gasteiger partial charge in [-0.15, -0.1) is 0 Å². The number of ether oxygens (including phenoxy) is 2. The zero-order valence-electron chi connectivity index (χ0n) is 15.0. The van der Waals surface area contributed by atoms with Crippen LogP contribution in [-0.2, 0) is 0 Å². The SMILES string of the molecule is COc1ccc2c(c1)=NC1=C(C=Cc3cccc(OC)c3O)CCCC=21. The Morgan fingerprint density at radius 2 is 1.92 bits per heavy atom. The van der Waals surface area contributed by atoms with Gasteiger partial charge in [0.25, 0.3) is 0 Å². The van der Waals surface area contributed by atoms with E-state index in [9.17, 15) is 5.11 Å². The minimum absolute atomic E-state index is 0.160. The average Bonchev–Trinajstić information content (AvgIpc) is 3.05. The second-order valence-corrected chi connectivity index (χ2v) is 6.43. The second-order valence-electron chi connectivity index (χ2n) is 6.43. The first kappa shape index (κ1) is 16.5. The second kappa shape index (κ2) is 6.71. The first-order chi connectivity index (χ1) is 12.7. The number of hydrogen-bond acceptors (Lipinski definition) is 4. The third kappa shape index (κ3) is 2.77. The van der Waals surface area contributed by atoms with Crippen LogP contribution in [0, 0.1) is 0 Å². The molecule has 2 aliphatic rings. The van der Waals surface area contributed by atoms with Gasteiger partial charge in [0, 0.05) is 16.8 Å². The van der Waals surface area contributed by atoms with Gasteiger partial charge in [0.05, 0.1) is 25.3 Å². The van der Waals surface area contributed by atoms with Crippen LogP contribution >= 0.6 is 0 Å². The molecule has 0 aromatic heterocycles. The lowest BCUT2D eigenvalue weighted by Crippen LogP contribution is -2.22. The lowest BCUT2D eigenvalue weighted by atomic mass is 9.91. The van der Waals surface area contributed by atoms with E-state index in [4.69, 9.17) is 14.5 Å². The molecule has 2 aromatic rings. The highest BCUT2D eigenvalue weighted by molar-refractivity contribution is 5.72. The summed E-state index contributed by atoms with van der Waals surface area (Å²) in [6, 6.07) is 11.6. The molecule has 0 radical (unpaired) electrons. The minimum Gasteiger partial charge on any atom is -0.504 e. The number of methoxy groups -OCH3 is 2. The number of benzene rings is 2. The lowest BCUT2D eigenvalue weighted by Gasteiger charge is -2.15. The van der Waals surface area contributed by atoms with Gasteiger partial charge in [0.15, 0.2) is 11.5 Å². The van der Waals surface area contributed by atoms with Gasteiger partial charge in [0.1, 0.15) is 5.75 Å². The summed E-state index contributed by atoms with van der Waals surface area (Å²) in [5.41, 5.74) is 4.31. The molecule has 0 fully saturated rings. The summed E-state index contributed by atoms with van der Waals surface area (Å²) in [4.78, 5) is 4.86. The zero-order chi connectivity index (χ0) is 18.1. The van der Waals surface area contributed by atoms with Crippen LogP contribution in [0.25, 0.3) is 11.6 Å². The van der Waals surface area contributed by atoms with Gasteiger partial charge in [0.2, 0.25) is 0 Å². The van der Waals surface area contributed by atoms with E-state index in [-0.39, 0.29) is 5.75 Å². The molecule has 1 heterocycles. The highest BCUT2D eigenvalue weighted by Gasteiger charge is 2.20. The molecular formula is C22H21NO3. The highest BCUT2D eigenvalue weighted by Crippen LogP contribution is 2.35. The van der Waals surface area contributed by atoms with Crippen LogP contribution in [0.4, 0.5) is 0 Å². The van der Waals surface area contributed by atoms with Crippen molar-refractivity contribution in [2.75, 3.05) is 14.2 Å². The molecule has 0 bridgehead atoms. The van der Waals surface area contributed by atoms with Crippen molar-refractivity contribution >= 4 is 11.6 Å². The fraction of sp³-hybridized carbons (Fsp3) is 0.227. The van der Waals surface area contributed by atoms with E-state index in [2.05, 4.69) is 12.1 Å². The van der Waals surface area contributed by atoms with Gasteiger partial charge in [-0.25, -0.2) is 4.99 Å². The smallest absolute Gasteiger partial charge is 0.165 e. The summed E-state index contributed by atoms with van der Waals surface area (Å²) < 4.78 is 10.5. The van der Waals surface area contributed by atoms with E-state index >= 15 is 0 Å². The fourth-order valence-corrected chi connectivity index (χ4v) is 3.59. The van der Waals surface area contributed by atoms with Crippen LogP contribution < -0.4 is 20.0 Å². The van der Waals surface area contributed by atoms with Gasteiger partial charge in [-0.1, -0.05) is 24.3 Å². The van der Waals surface area contributed by atoms with E-state index in [0.717, 1.165) is 41.6 Å². The Labute approximate surface area is 152 Å². The Hall–Kier alpha value is -3.01. The molecule has 1 N–H and O–H groups in total. The Kier molecular flexibility index (Phi) is 4.25. The van der Waals surface area contributed by atoms with Gasteiger partial charge in [-0.2, -0.15) is 0 Å². The van der Waals surface area contributed by atoms with Crippen molar-refractivity contribution in [1.82, 2.24) is 0 Å². The number of para-hydroxylation sites is 1. The molecule has 26 heavy (non-hydrogen) atoms. The Balaban J connectivity index is 1.77. The zero-order valence-corrected chi connectivity index (χ0v) is 15.0. The van der Waals surface area contributed by atoms with Crippen molar-refractivity contribution in [2.45, 2.75) is 19.3 Å². The third-order valence-corrected chi connectivity index (χ3v) is 4.94. The van der Waals surface area contributed by atoms with Crippen LogP contribution in [0.15, 0.2) is 58.7 Å². The Morgan fingerprint density at radius 3 is 2.73 bits per heavy atom. The van der Waals surface area contributed by atoms with Gasteiger partial charge in [-0.3, -0.25) is 0 Å². The molecule has 4 heteroatoms. The summed E-state index contributed by atoms with van der Waals surface area (Å²) in [5, 5.41) is 12.5. The van der Waals surface area contributed by atoms with Crippen molar-refractivity contribution in [3.8, 4) is 17.2 Å². The number of hydrogen-bond donors (Lipinski definition) is 1. The standard InChI is InChI=1S/C22H21NO3/c1-25-16-11-12-17-18-7-3-5-14(21(18)23-19(17)13-16)9-10-15-6-4-8-20(26-2)22(15)24/h4,6,8-13,24H,3,5,7H2,1-2H3. The molecule has 1 aliphatic carbocycles. The predicted molar refractivity (Wildman–Crippen MR) is 102 cm³/mol. The highest BCUT2D eigenvalue weighted by atomic mass is 16.5. The maximum atomic E-state index is 10.3. The van der Waals surface area contributed by atoms with E-state index in [0.29, 0.717) is 5.75 Å². The lowest BCUT2D eigenvalue weighted by molar-refractivity contribution is 0.373. The first-order valence-corrected chi connectivity index (χ1v) is 8.75. The van der Waals surface area contributed by atoms with Crippen LogP contribution in [0.3, 0.4) is 0 Å². The summed E-state index contributed by atoms with van der Waals surface area (Å²) in [5.74, 6) is 1.46. The fourth-order valence-electron chi connectivity index (χ4n) is 3.59. The van der Waals surface area contributed by atoms with Crippen LogP contribution in [-0.4, -0.2) is 19.3 Å². The number of allylic oxidation sites excluding steroid dienone is 3. The van der Waals surface area contributed by atoms with Crippen molar-refractivity contribution in [1.29, 1.82) is 0 Å². The van der Waals surface area contributed by atoms with Crippen LogP contribution in [0.2, 0.25) is 0 Å². The number of fused-ring (bicyclic) bond motifs is 2. The van der Waals surface area contributed by atoms with Gasteiger partial charge in [-0.05, 0) is 48.6 Å². The van der Waals surface area contributed by atoms with Gasteiger partial charge < -0.3 is 14.6 Å². The van der Waals surface area contributed by atoms with E-state index in [1.54, 1.807) is 20.3 Å². The molecule has 0 saturated carbocycles. The maximum Gasteiger partial charge on any atom is 0.165 e. The predicted octanol–water partition coefficient (Wildman–Crippen LogP) is 3.34. The molecule has 132 valence electrons. The Morgan fingerprint density at radius 1 is 1.04 bits per heavy atom. The maximum absolute atomic E-state index is 10.3. The topological polar surface area (TPSA) is 51.0 Å². The summed E-state index contributed by atoms with van der Waals surface area (Å²) in [7, 11) is 3.23. The molecule has 0 amide bonds. The summed E-state index contributed by atoms with van der Waals surface area (Å²) in [6.07, 6.45) is 7.12. The third-order valence-electron chi connectivity index (χ3n) is 4.94. The van der Waals surface area contributed by atoms with E-state index < -0.39 is 0 Å². The number of phenolic OH excluding ortho intramolecular Hbond substituents is 1. The Bertz CT molecular complexity index is 1050. The number of aromatic hydroxyl groups is 1. The molecule has 4 rings (SSSR count). The normalized spacial score (nSPS) is 15.7. The monoisotopic (exact) mass is 347 g/mol. The molecule has 1 aliphatic heterocycles. The first-order valence-electron chi connectivity index (χ1n) is 8.75. The molecule has 0 atom stereocenters. The summed E-state index contributed by atoms with van der Waals surface area (Å²) >= 11 is 0. The van der Waals surface area contributed by atoms with Crippen molar-refractivity contribution in [3.63, 3.8) is 0 Å². The van der Waals surface area contributed by atoms with Crippen molar-refractivity contribution < 1.29 is 14.6 Å². The minimum atomic E-state index is 0.160. The van der Waals surface area contributed by atoms with Gasteiger partial charge >= 0.3 is 0 Å². The number of phenols is 1. The average molecular weight is 347 g/mol. The quantitative estimate of drug-likeness (QED) is 0.923. The van der Waals surface area contributed by atoms with Crippen molar-refractivity contribution in [3.05, 3.63) is 69.9 Å². The molecular weight excluding hydrogens is 326 g/mol. The van der Waals surface area contributed by atoms with Crippen LogP contribution in [0.1, 0.15) is 24.8 Å². The number of nitrogens with zero attached hydrogens (tertiary/aromatic N) is 1. The molecule has 0 saturated heterocycles. The molecule has 0 spiro atoms. The van der Waals surface area contributed by atoms with Crippen molar-refractivity contribution in [2.24, 2.45) is 4.99 Å². The molecule has 0 unspecified atom stereocenters.